The van der Waals surface area contributed by atoms with Crippen molar-refractivity contribution in [2.45, 2.75) is 65.0 Å². The molecule has 2 aliphatic rings. The van der Waals surface area contributed by atoms with Crippen LogP contribution in [-0.2, 0) is 16.1 Å². The van der Waals surface area contributed by atoms with Gasteiger partial charge in [-0.25, -0.2) is 9.78 Å². The van der Waals surface area contributed by atoms with Crippen LogP contribution < -0.4 is 0 Å². The molecule has 1 aromatic carbocycles. The van der Waals surface area contributed by atoms with Crippen molar-refractivity contribution in [3.8, 4) is 0 Å². The number of hydrogen-bond donors (Lipinski definition) is 1. The molecule has 214 valence electrons. The maximum atomic E-state index is 14.3. The summed E-state index contributed by atoms with van der Waals surface area (Å²) in [5.74, 6) is -0.153. The number of rotatable bonds is 10. The molecular formula is C29H43N5O5. The molecule has 0 bridgehead atoms. The molecule has 3 heterocycles. The van der Waals surface area contributed by atoms with Crippen LogP contribution in [0.15, 0.2) is 24.3 Å². The SMILES string of the molecule is COCCCCn1c(C(=O)N(CC(C)C)[C@H]2C[C@@H](C(=O)N3CCCCC3)CN(C(=O)O)C2)nc2ccccc21. The van der Waals surface area contributed by atoms with Crippen LogP contribution >= 0.6 is 0 Å². The number of carbonyl (C=O) groups is 3. The van der Waals surface area contributed by atoms with Crippen molar-refractivity contribution in [1.29, 1.82) is 0 Å². The summed E-state index contributed by atoms with van der Waals surface area (Å²) >= 11 is 0. The molecule has 3 amide bonds. The summed E-state index contributed by atoms with van der Waals surface area (Å²) in [6.07, 6.45) is 4.15. The Balaban J connectivity index is 1.64. The zero-order valence-electron chi connectivity index (χ0n) is 23.6. The first-order valence-electron chi connectivity index (χ1n) is 14.3. The molecule has 4 rings (SSSR count). The number of likely N-dealkylation sites (tertiary alicyclic amines) is 2. The molecule has 0 spiro atoms. The van der Waals surface area contributed by atoms with Crippen molar-refractivity contribution in [2.75, 3.05) is 46.4 Å². The van der Waals surface area contributed by atoms with Gasteiger partial charge in [-0.2, -0.15) is 0 Å². The van der Waals surface area contributed by atoms with Gasteiger partial charge in [-0.3, -0.25) is 9.59 Å². The van der Waals surface area contributed by atoms with E-state index < -0.39 is 18.1 Å². The lowest BCUT2D eigenvalue weighted by Gasteiger charge is -2.43. The number of nitrogens with zero attached hydrogens (tertiary/aromatic N) is 5. The van der Waals surface area contributed by atoms with E-state index >= 15 is 0 Å². The topological polar surface area (TPSA) is 108 Å². The number of methoxy groups -OCH3 is 1. The Kier molecular flexibility index (Phi) is 9.83. The number of aryl methyl sites for hydroxylation is 1. The van der Waals surface area contributed by atoms with Gasteiger partial charge in [0.05, 0.1) is 23.0 Å². The molecule has 2 atom stereocenters. The zero-order valence-corrected chi connectivity index (χ0v) is 23.6. The quantitative estimate of drug-likeness (QED) is 0.457. The fourth-order valence-corrected chi connectivity index (χ4v) is 5.91. The Morgan fingerprint density at radius 1 is 1.08 bits per heavy atom. The number of imidazole rings is 1. The van der Waals surface area contributed by atoms with Crippen LogP contribution in [0.4, 0.5) is 4.79 Å². The number of benzene rings is 1. The number of carbonyl (C=O) groups excluding carboxylic acids is 2. The molecule has 2 fully saturated rings. The smallest absolute Gasteiger partial charge is 0.407 e. The van der Waals surface area contributed by atoms with E-state index in [1.54, 1.807) is 12.0 Å². The summed E-state index contributed by atoms with van der Waals surface area (Å²) in [5.41, 5.74) is 1.66. The number of ether oxygens (including phenoxy) is 1. The average molecular weight is 542 g/mol. The number of aromatic nitrogens is 2. The number of hydrogen-bond acceptors (Lipinski definition) is 5. The van der Waals surface area contributed by atoms with Crippen molar-refractivity contribution >= 4 is 28.9 Å². The number of unbranched alkanes of at least 4 members (excludes halogenated alkanes) is 1. The third-order valence-corrected chi connectivity index (χ3v) is 7.81. The lowest BCUT2D eigenvalue weighted by atomic mass is 9.91. The molecule has 0 saturated carbocycles. The van der Waals surface area contributed by atoms with E-state index in [1.807, 2.05) is 47.6 Å². The molecule has 2 aliphatic heterocycles. The number of fused-ring (bicyclic) bond motifs is 1. The Hall–Kier alpha value is -3.14. The van der Waals surface area contributed by atoms with Gasteiger partial charge in [-0.1, -0.05) is 26.0 Å². The molecule has 10 nitrogen and oxygen atoms in total. The van der Waals surface area contributed by atoms with E-state index in [0.29, 0.717) is 31.9 Å². The van der Waals surface area contributed by atoms with E-state index in [1.165, 1.54) is 4.90 Å². The first kappa shape index (κ1) is 28.9. The van der Waals surface area contributed by atoms with Crippen molar-refractivity contribution in [1.82, 2.24) is 24.3 Å². The number of amides is 3. The van der Waals surface area contributed by atoms with Crippen molar-refractivity contribution in [3.05, 3.63) is 30.1 Å². The van der Waals surface area contributed by atoms with Crippen LogP contribution in [0.25, 0.3) is 11.0 Å². The monoisotopic (exact) mass is 541 g/mol. The third-order valence-electron chi connectivity index (χ3n) is 7.81. The summed E-state index contributed by atoms with van der Waals surface area (Å²) in [4.78, 5) is 49.6. The molecule has 0 aliphatic carbocycles. The molecule has 10 heteroatoms. The second-order valence-corrected chi connectivity index (χ2v) is 11.3. The molecule has 1 aromatic heterocycles. The van der Waals surface area contributed by atoms with E-state index in [9.17, 15) is 19.5 Å². The van der Waals surface area contributed by atoms with Crippen LogP contribution in [0, 0.1) is 11.8 Å². The molecular weight excluding hydrogens is 498 g/mol. The van der Waals surface area contributed by atoms with Crippen molar-refractivity contribution in [2.24, 2.45) is 11.8 Å². The summed E-state index contributed by atoms with van der Waals surface area (Å²) in [5, 5.41) is 9.94. The maximum Gasteiger partial charge on any atom is 0.407 e. The Morgan fingerprint density at radius 2 is 1.82 bits per heavy atom. The highest BCUT2D eigenvalue weighted by atomic mass is 16.5. The van der Waals surface area contributed by atoms with Crippen LogP contribution in [0.5, 0.6) is 0 Å². The van der Waals surface area contributed by atoms with E-state index in [2.05, 4.69) is 0 Å². The number of para-hydroxylation sites is 2. The highest BCUT2D eigenvalue weighted by Crippen LogP contribution is 2.27. The van der Waals surface area contributed by atoms with Gasteiger partial charge in [-0.15, -0.1) is 0 Å². The normalized spacial score (nSPS) is 20.0. The summed E-state index contributed by atoms with van der Waals surface area (Å²) in [6, 6.07) is 7.32. The summed E-state index contributed by atoms with van der Waals surface area (Å²) in [7, 11) is 1.68. The Labute approximate surface area is 230 Å². The summed E-state index contributed by atoms with van der Waals surface area (Å²) < 4.78 is 7.19. The van der Waals surface area contributed by atoms with Gasteiger partial charge in [0.1, 0.15) is 0 Å². The third kappa shape index (κ3) is 6.90. The lowest BCUT2D eigenvalue weighted by molar-refractivity contribution is -0.138. The fraction of sp³-hybridized carbons (Fsp3) is 0.655. The molecule has 0 radical (unpaired) electrons. The second-order valence-electron chi connectivity index (χ2n) is 11.3. The fourth-order valence-electron chi connectivity index (χ4n) is 5.91. The van der Waals surface area contributed by atoms with E-state index in [4.69, 9.17) is 9.72 Å². The van der Waals surface area contributed by atoms with Gasteiger partial charge in [0, 0.05) is 53.0 Å². The highest BCUT2D eigenvalue weighted by Gasteiger charge is 2.40. The van der Waals surface area contributed by atoms with Gasteiger partial charge < -0.3 is 29.1 Å². The van der Waals surface area contributed by atoms with Crippen LogP contribution in [0.3, 0.4) is 0 Å². The second kappa shape index (κ2) is 13.3. The van der Waals surface area contributed by atoms with E-state index in [-0.39, 0.29) is 30.8 Å². The molecule has 0 unspecified atom stereocenters. The number of carboxylic acid groups (broad SMARTS) is 1. The zero-order chi connectivity index (χ0) is 27.9. The summed E-state index contributed by atoms with van der Waals surface area (Å²) in [6.45, 7) is 7.61. The van der Waals surface area contributed by atoms with Crippen LogP contribution in [-0.4, -0.2) is 99.7 Å². The minimum absolute atomic E-state index is 0.00739. The average Bonchev–Trinajstić information content (AvgIpc) is 3.32. The van der Waals surface area contributed by atoms with Gasteiger partial charge in [0.15, 0.2) is 5.82 Å². The standard InChI is InChI=1S/C29H43N5O5/c1-21(2)18-34(23-17-22(19-32(20-23)29(37)38)27(35)31-13-7-4-8-14-31)28(36)26-30-24-11-5-6-12-25(24)33(26)15-9-10-16-39-3/h5-6,11-12,21-23H,4,7-10,13-20H2,1-3H3,(H,37,38)/t22-,23+/m1/s1. The van der Waals surface area contributed by atoms with E-state index in [0.717, 1.165) is 56.2 Å². The molecule has 2 aromatic rings. The number of piperidine rings is 2. The van der Waals surface area contributed by atoms with Gasteiger partial charge >= 0.3 is 6.09 Å². The van der Waals surface area contributed by atoms with Crippen molar-refractivity contribution in [3.63, 3.8) is 0 Å². The largest absolute Gasteiger partial charge is 0.465 e. The Morgan fingerprint density at radius 3 is 2.51 bits per heavy atom. The van der Waals surface area contributed by atoms with Crippen LogP contribution in [0.2, 0.25) is 0 Å². The predicted octanol–water partition coefficient (Wildman–Crippen LogP) is 3.94. The minimum atomic E-state index is -1.06. The Bertz CT molecular complexity index is 1140. The minimum Gasteiger partial charge on any atom is -0.465 e. The first-order valence-corrected chi connectivity index (χ1v) is 14.3. The highest BCUT2D eigenvalue weighted by molar-refractivity contribution is 5.95. The lowest BCUT2D eigenvalue weighted by Crippen LogP contribution is -2.57. The molecule has 2 saturated heterocycles. The maximum absolute atomic E-state index is 14.3. The van der Waals surface area contributed by atoms with Gasteiger partial charge in [0.25, 0.3) is 5.91 Å². The van der Waals surface area contributed by atoms with Gasteiger partial charge in [-0.05, 0) is 56.6 Å². The van der Waals surface area contributed by atoms with Crippen molar-refractivity contribution < 1.29 is 24.2 Å². The first-order chi connectivity index (χ1) is 18.8. The van der Waals surface area contributed by atoms with Gasteiger partial charge in [0.2, 0.25) is 5.91 Å². The van der Waals surface area contributed by atoms with Crippen LogP contribution in [0.1, 0.15) is 63.0 Å². The molecule has 1 N–H and O–H groups in total. The predicted molar refractivity (Wildman–Crippen MR) is 149 cm³/mol. The molecule has 39 heavy (non-hydrogen) atoms.